The highest BCUT2D eigenvalue weighted by atomic mass is 16.5. The number of benzene rings is 1. The van der Waals surface area contributed by atoms with Crippen LogP contribution in [0.25, 0.3) is 0 Å². The standard InChI is InChI=1S/C19H24N4O5/c1-11(18(24)28-4)22-19(25)23-8-7-14-16(21-10-20-14)17(23)13-9-12(26-2)5-6-15(13)27-3/h5-6,9-11,17H,7-8H2,1-4H3,(H,20,21)(H,22,25)/t11-,17-/m1/s1. The maximum Gasteiger partial charge on any atom is 0.328 e. The number of hydrogen-bond donors (Lipinski definition) is 2. The molecule has 0 unspecified atom stereocenters. The predicted octanol–water partition coefficient (Wildman–Crippen LogP) is 1.65. The predicted molar refractivity (Wildman–Crippen MR) is 100 cm³/mol. The molecule has 9 heteroatoms. The van der Waals surface area contributed by atoms with Crippen LogP contribution in [0.2, 0.25) is 0 Å². The maximum absolute atomic E-state index is 13.0. The van der Waals surface area contributed by atoms with Crippen molar-refractivity contribution in [2.45, 2.75) is 25.4 Å². The Kier molecular flexibility index (Phi) is 5.72. The Hall–Kier alpha value is -3.23. The Morgan fingerprint density at radius 3 is 2.75 bits per heavy atom. The average Bonchev–Trinajstić information content (AvgIpc) is 3.20. The van der Waals surface area contributed by atoms with Gasteiger partial charge in [-0.1, -0.05) is 0 Å². The summed E-state index contributed by atoms with van der Waals surface area (Å²) in [5.74, 6) is 0.739. The van der Waals surface area contributed by atoms with E-state index in [0.717, 1.165) is 17.0 Å². The van der Waals surface area contributed by atoms with Gasteiger partial charge in [-0.05, 0) is 25.1 Å². The Morgan fingerprint density at radius 2 is 2.07 bits per heavy atom. The molecule has 2 N–H and O–H groups in total. The van der Waals surface area contributed by atoms with Gasteiger partial charge in [0.25, 0.3) is 0 Å². The molecule has 1 aromatic heterocycles. The Bertz CT molecular complexity index is 866. The summed E-state index contributed by atoms with van der Waals surface area (Å²) in [5.41, 5.74) is 2.44. The fraction of sp³-hybridized carbons (Fsp3) is 0.421. The summed E-state index contributed by atoms with van der Waals surface area (Å²) in [6.45, 7) is 2.02. The third-order valence-corrected chi connectivity index (χ3v) is 4.81. The maximum atomic E-state index is 13.0. The highest BCUT2D eigenvalue weighted by Gasteiger charge is 2.37. The van der Waals surface area contributed by atoms with Crippen LogP contribution in [0.5, 0.6) is 11.5 Å². The number of aromatic nitrogens is 2. The molecule has 2 heterocycles. The third-order valence-electron chi connectivity index (χ3n) is 4.81. The molecule has 1 aliphatic heterocycles. The first-order valence-electron chi connectivity index (χ1n) is 8.89. The molecule has 0 spiro atoms. The number of carbonyl (C=O) groups excluding carboxylic acids is 2. The molecule has 0 fully saturated rings. The van der Waals surface area contributed by atoms with Crippen molar-refractivity contribution in [3.63, 3.8) is 0 Å². The monoisotopic (exact) mass is 388 g/mol. The lowest BCUT2D eigenvalue weighted by atomic mass is 9.95. The van der Waals surface area contributed by atoms with E-state index in [1.54, 1.807) is 44.5 Å². The number of imidazole rings is 1. The summed E-state index contributed by atoms with van der Waals surface area (Å²) in [6, 6.07) is 3.76. The second kappa shape index (κ2) is 8.20. The minimum absolute atomic E-state index is 0.388. The average molecular weight is 388 g/mol. The molecule has 150 valence electrons. The van der Waals surface area contributed by atoms with Crippen LogP contribution in [-0.2, 0) is 16.0 Å². The Morgan fingerprint density at radius 1 is 1.29 bits per heavy atom. The molecular weight excluding hydrogens is 364 g/mol. The van der Waals surface area contributed by atoms with Crippen LogP contribution in [0.15, 0.2) is 24.5 Å². The second-order valence-corrected chi connectivity index (χ2v) is 6.41. The van der Waals surface area contributed by atoms with Gasteiger partial charge in [0.15, 0.2) is 0 Å². The van der Waals surface area contributed by atoms with Crippen molar-refractivity contribution in [1.29, 1.82) is 0 Å². The van der Waals surface area contributed by atoms with Crippen molar-refractivity contribution in [3.05, 3.63) is 41.5 Å². The SMILES string of the molecule is COC(=O)[C@@H](C)NC(=O)N1CCc2[nH]cnc2[C@H]1c1cc(OC)ccc1OC. The van der Waals surface area contributed by atoms with Crippen LogP contribution in [0.1, 0.15) is 29.9 Å². The number of rotatable bonds is 5. The van der Waals surface area contributed by atoms with E-state index < -0.39 is 18.1 Å². The number of aromatic amines is 1. The smallest absolute Gasteiger partial charge is 0.328 e. The number of ether oxygens (including phenoxy) is 3. The molecule has 9 nitrogen and oxygen atoms in total. The van der Waals surface area contributed by atoms with Gasteiger partial charge < -0.3 is 29.4 Å². The fourth-order valence-electron chi connectivity index (χ4n) is 3.37. The minimum Gasteiger partial charge on any atom is -0.497 e. The molecule has 1 aliphatic rings. The zero-order chi connectivity index (χ0) is 20.3. The van der Waals surface area contributed by atoms with Gasteiger partial charge in [0.2, 0.25) is 0 Å². The van der Waals surface area contributed by atoms with Gasteiger partial charge in [-0.15, -0.1) is 0 Å². The molecule has 3 rings (SSSR count). The first-order chi connectivity index (χ1) is 13.5. The van der Waals surface area contributed by atoms with E-state index in [1.165, 1.54) is 7.11 Å². The lowest BCUT2D eigenvalue weighted by Crippen LogP contribution is -2.50. The lowest BCUT2D eigenvalue weighted by molar-refractivity contribution is -0.142. The van der Waals surface area contributed by atoms with Gasteiger partial charge in [0, 0.05) is 24.2 Å². The number of methoxy groups -OCH3 is 3. The molecular formula is C19H24N4O5. The molecule has 0 bridgehead atoms. The van der Waals surface area contributed by atoms with E-state index in [4.69, 9.17) is 14.2 Å². The number of fused-ring (bicyclic) bond motifs is 1. The van der Waals surface area contributed by atoms with Gasteiger partial charge in [-0.2, -0.15) is 0 Å². The largest absolute Gasteiger partial charge is 0.497 e. The van der Waals surface area contributed by atoms with Gasteiger partial charge in [0.1, 0.15) is 23.6 Å². The minimum atomic E-state index is -0.772. The number of esters is 1. The van der Waals surface area contributed by atoms with Crippen molar-refractivity contribution >= 4 is 12.0 Å². The lowest BCUT2D eigenvalue weighted by Gasteiger charge is -2.36. The normalized spacial score (nSPS) is 16.7. The number of nitrogens with one attached hydrogen (secondary N) is 2. The number of H-pyrrole nitrogens is 1. The summed E-state index contributed by atoms with van der Waals surface area (Å²) >= 11 is 0. The first-order valence-corrected chi connectivity index (χ1v) is 8.89. The summed E-state index contributed by atoms with van der Waals surface area (Å²) in [5, 5.41) is 2.69. The van der Waals surface area contributed by atoms with Gasteiger partial charge in [0.05, 0.1) is 33.4 Å². The molecule has 0 saturated heterocycles. The molecule has 0 radical (unpaired) electrons. The van der Waals surface area contributed by atoms with Crippen molar-refractivity contribution in [3.8, 4) is 11.5 Å². The van der Waals surface area contributed by atoms with Crippen LogP contribution < -0.4 is 14.8 Å². The number of carbonyl (C=O) groups is 2. The quantitative estimate of drug-likeness (QED) is 0.755. The van der Waals surface area contributed by atoms with Crippen molar-refractivity contribution in [2.24, 2.45) is 0 Å². The number of amides is 2. The molecule has 2 amide bonds. The van der Waals surface area contributed by atoms with Crippen LogP contribution in [0, 0.1) is 0 Å². The molecule has 1 aromatic carbocycles. The highest BCUT2D eigenvalue weighted by Crippen LogP contribution is 2.39. The van der Waals surface area contributed by atoms with E-state index in [1.807, 2.05) is 6.07 Å². The zero-order valence-corrected chi connectivity index (χ0v) is 16.3. The molecule has 0 saturated carbocycles. The van der Waals surface area contributed by atoms with Crippen LogP contribution in [0.3, 0.4) is 0 Å². The summed E-state index contributed by atoms with van der Waals surface area (Å²) in [4.78, 5) is 33.9. The Labute approximate surface area is 163 Å². The highest BCUT2D eigenvalue weighted by molar-refractivity contribution is 5.84. The van der Waals surface area contributed by atoms with E-state index >= 15 is 0 Å². The van der Waals surface area contributed by atoms with Gasteiger partial charge >= 0.3 is 12.0 Å². The van der Waals surface area contributed by atoms with E-state index in [0.29, 0.717) is 24.5 Å². The van der Waals surface area contributed by atoms with Gasteiger partial charge in [-0.3, -0.25) is 0 Å². The van der Waals surface area contributed by atoms with Crippen LogP contribution in [0.4, 0.5) is 4.79 Å². The van der Waals surface area contributed by atoms with Crippen LogP contribution >= 0.6 is 0 Å². The Balaban J connectivity index is 2.02. The molecule has 2 aromatic rings. The topological polar surface area (TPSA) is 106 Å². The van der Waals surface area contributed by atoms with Gasteiger partial charge in [-0.25, -0.2) is 14.6 Å². The van der Waals surface area contributed by atoms with Crippen molar-refractivity contribution < 1.29 is 23.8 Å². The van der Waals surface area contributed by atoms with Crippen molar-refractivity contribution in [2.75, 3.05) is 27.9 Å². The van der Waals surface area contributed by atoms with Crippen molar-refractivity contribution in [1.82, 2.24) is 20.2 Å². The number of urea groups is 1. The summed E-state index contributed by atoms with van der Waals surface area (Å²) in [7, 11) is 4.43. The number of hydrogen-bond acceptors (Lipinski definition) is 6. The summed E-state index contributed by atoms with van der Waals surface area (Å²) in [6.07, 6.45) is 2.24. The molecule has 28 heavy (non-hydrogen) atoms. The van der Waals surface area contributed by atoms with Crippen LogP contribution in [-0.4, -0.2) is 60.8 Å². The van der Waals surface area contributed by atoms with E-state index in [9.17, 15) is 9.59 Å². The zero-order valence-electron chi connectivity index (χ0n) is 16.3. The third kappa shape index (κ3) is 3.60. The fourth-order valence-corrected chi connectivity index (χ4v) is 3.37. The molecule has 2 atom stereocenters. The summed E-state index contributed by atoms with van der Waals surface area (Å²) < 4.78 is 15.6. The molecule has 0 aliphatic carbocycles. The van der Waals surface area contributed by atoms with E-state index in [-0.39, 0.29) is 6.03 Å². The first kappa shape index (κ1) is 19.5. The second-order valence-electron chi connectivity index (χ2n) is 6.41. The number of nitrogens with zero attached hydrogens (tertiary/aromatic N) is 2. The van der Waals surface area contributed by atoms with E-state index in [2.05, 4.69) is 15.3 Å².